The highest BCUT2D eigenvalue weighted by Gasteiger charge is 2.29. The number of carbonyl (C=O) groups is 1. The third-order valence-corrected chi connectivity index (χ3v) is 5.62. The van der Waals surface area contributed by atoms with Gasteiger partial charge in [-0.15, -0.1) is 11.3 Å². The van der Waals surface area contributed by atoms with E-state index in [1.165, 1.54) is 11.3 Å². The Morgan fingerprint density at radius 3 is 2.57 bits per heavy atom. The van der Waals surface area contributed by atoms with E-state index >= 15 is 0 Å². The minimum absolute atomic E-state index is 0.353. The fourth-order valence-corrected chi connectivity index (χ4v) is 4.51. The molecule has 0 amide bonds. The van der Waals surface area contributed by atoms with E-state index in [2.05, 4.69) is 10.6 Å². The van der Waals surface area contributed by atoms with E-state index in [-0.39, 0.29) is 5.97 Å². The maximum Gasteiger partial charge on any atom is 0.341 e. The number of hydrogen-bond acceptors (Lipinski definition) is 7. The first-order chi connectivity index (χ1) is 14.2. The lowest BCUT2D eigenvalue weighted by Gasteiger charge is -2.21. The Hall–Kier alpha value is -2.36. The van der Waals surface area contributed by atoms with E-state index in [9.17, 15) is 4.79 Å². The van der Waals surface area contributed by atoms with E-state index in [1.807, 2.05) is 26.8 Å². The molecule has 0 unspecified atom stereocenters. The third kappa shape index (κ3) is 5.21. The Kier molecular flexibility index (Phi) is 6.84. The molecule has 1 aliphatic rings. The molecule has 0 atom stereocenters. The van der Waals surface area contributed by atoms with Gasteiger partial charge < -0.3 is 29.6 Å². The standard InChI is InChI=1S/C21H26N2O5S2/c1-21(2,3)28-19(24)17-13-8-9-27-11-16(13)30-18(17)23-20(29)22-12-6-7-14(25-4)15(10-12)26-5/h6-7,10H,8-9,11H2,1-5H3,(H2,22,23,29). The number of thiocarbonyl (C=S) groups is 1. The topological polar surface area (TPSA) is 78.1 Å². The predicted octanol–water partition coefficient (Wildman–Crippen LogP) is 4.60. The van der Waals surface area contributed by atoms with Crippen LogP contribution in [-0.4, -0.2) is 37.5 Å². The van der Waals surface area contributed by atoms with Crippen LogP contribution in [0.1, 0.15) is 41.6 Å². The molecule has 2 heterocycles. The number of rotatable bonds is 5. The summed E-state index contributed by atoms with van der Waals surface area (Å²) in [7, 11) is 3.15. The fraction of sp³-hybridized carbons (Fsp3) is 0.429. The molecule has 0 aliphatic carbocycles. The van der Waals surface area contributed by atoms with Crippen molar-refractivity contribution in [2.24, 2.45) is 0 Å². The Morgan fingerprint density at radius 1 is 1.17 bits per heavy atom. The second-order valence-corrected chi connectivity index (χ2v) is 9.17. The number of benzene rings is 1. The Bertz CT molecular complexity index is 950. The SMILES string of the molecule is COc1ccc(NC(=S)Nc2sc3c(c2C(=O)OC(C)(C)C)CCOC3)cc1OC. The van der Waals surface area contributed by atoms with E-state index in [1.54, 1.807) is 26.4 Å². The summed E-state index contributed by atoms with van der Waals surface area (Å²) in [4.78, 5) is 13.9. The van der Waals surface area contributed by atoms with Crippen molar-refractivity contribution >= 4 is 45.3 Å². The van der Waals surface area contributed by atoms with Crippen molar-refractivity contribution in [2.45, 2.75) is 39.4 Å². The molecule has 30 heavy (non-hydrogen) atoms. The second-order valence-electron chi connectivity index (χ2n) is 7.66. The smallest absolute Gasteiger partial charge is 0.341 e. The average molecular weight is 451 g/mol. The molecule has 1 aliphatic heterocycles. The first-order valence-electron chi connectivity index (χ1n) is 9.47. The van der Waals surface area contributed by atoms with Crippen molar-refractivity contribution in [3.8, 4) is 11.5 Å². The van der Waals surface area contributed by atoms with Gasteiger partial charge >= 0.3 is 5.97 Å². The van der Waals surface area contributed by atoms with Gasteiger partial charge in [0.2, 0.25) is 0 Å². The van der Waals surface area contributed by atoms with Gasteiger partial charge in [0.1, 0.15) is 10.6 Å². The van der Waals surface area contributed by atoms with Gasteiger partial charge in [0.05, 0.1) is 33.0 Å². The van der Waals surface area contributed by atoms with Gasteiger partial charge in [-0.3, -0.25) is 0 Å². The predicted molar refractivity (Wildman–Crippen MR) is 122 cm³/mol. The Labute approximate surface area is 185 Å². The van der Waals surface area contributed by atoms with Crippen molar-refractivity contribution in [1.82, 2.24) is 0 Å². The van der Waals surface area contributed by atoms with Crippen LogP contribution in [0.15, 0.2) is 18.2 Å². The number of esters is 1. The van der Waals surface area contributed by atoms with Gasteiger partial charge in [-0.25, -0.2) is 4.79 Å². The molecule has 3 rings (SSSR count). The molecule has 1 aromatic heterocycles. The van der Waals surface area contributed by atoms with Crippen molar-refractivity contribution in [1.29, 1.82) is 0 Å². The average Bonchev–Trinajstić information content (AvgIpc) is 3.04. The largest absolute Gasteiger partial charge is 0.493 e. The molecule has 1 aromatic carbocycles. The normalized spacial score (nSPS) is 13.2. The molecule has 0 radical (unpaired) electrons. The molecule has 9 heteroatoms. The van der Waals surface area contributed by atoms with Gasteiger partial charge in [0.15, 0.2) is 16.6 Å². The van der Waals surface area contributed by atoms with Crippen molar-refractivity contribution < 1.29 is 23.7 Å². The van der Waals surface area contributed by atoms with Crippen molar-refractivity contribution in [2.75, 3.05) is 31.5 Å². The summed E-state index contributed by atoms with van der Waals surface area (Å²) in [6.07, 6.45) is 0.665. The third-order valence-electron chi connectivity index (χ3n) is 4.29. The zero-order chi connectivity index (χ0) is 21.9. The summed E-state index contributed by atoms with van der Waals surface area (Å²) < 4.78 is 21.8. The minimum Gasteiger partial charge on any atom is -0.493 e. The molecule has 2 N–H and O–H groups in total. The zero-order valence-electron chi connectivity index (χ0n) is 17.7. The van der Waals surface area contributed by atoms with Crippen molar-refractivity contribution in [3.63, 3.8) is 0 Å². The number of methoxy groups -OCH3 is 2. The van der Waals surface area contributed by atoms with Gasteiger partial charge in [-0.1, -0.05) is 0 Å². The molecular formula is C21H26N2O5S2. The van der Waals surface area contributed by atoms with Crippen LogP contribution in [0.4, 0.5) is 10.7 Å². The maximum atomic E-state index is 12.9. The van der Waals surface area contributed by atoms with Crippen LogP contribution in [0.25, 0.3) is 0 Å². The van der Waals surface area contributed by atoms with E-state index in [4.69, 9.17) is 31.2 Å². The summed E-state index contributed by atoms with van der Waals surface area (Å²) in [5.41, 5.74) is 1.64. The molecule has 2 aromatic rings. The molecule has 0 saturated carbocycles. The van der Waals surface area contributed by atoms with E-state index in [0.717, 1.165) is 16.1 Å². The van der Waals surface area contributed by atoms with Crippen LogP contribution in [0.5, 0.6) is 11.5 Å². The summed E-state index contributed by atoms with van der Waals surface area (Å²) in [5, 5.41) is 7.28. The number of nitrogens with one attached hydrogen (secondary N) is 2. The number of ether oxygens (including phenoxy) is 4. The van der Waals surface area contributed by atoms with E-state index < -0.39 is 5.60 Å². The monoisotopic (exact) mass is 450 g/mol. The van der Waals surface area contributed by atoms with Gasteiger partial charge in [0, 0.05) is 16.6 Å². The molecule has 0 saturated heterocycles. The Balaban J connectivity index is 1.83. The number of carbonyl (C=O) groups excluding carboxylic acids is 1. The summed E-state index contributed by atoms with van der Waals surface area (Å²) in [6.45, 7) is 6.61. The fourth-order valence-electron chi connectivity index (χ4n) is 3.04. The first-order valence-corrected chi connectivity index (χ1v) is 10.7. The number of anilines is 2. The summed E-state index contributed by atoms with van der Waals surface area (Å²) >= 11 is 6.94. The Morgan fingerprint density at radius 2 is 1.90 bits per heavy atom. The van der Waals surface area contributed by atoms with Crippen LogP contribution >= 0.6 is 23.6 Å². The molecule has 162 valence electrons. The molecule has 7 nitrogen and oxygen atoms in total. The lowest BCUT2D eigenvalue weighted by Crippen LogP contribution is -2.26. The van der Waals surface area contributed by atoms with Crippen LogP contribution in [0, 0.1) is 0 Å². The van der Waals surface area contributed by atoms with E-state index in [0.29, 0.717) is 46.8 Å². The molecule has 0 bridgehead atoms. The quantitative estimate of drug-likeness (QED) is 0.505. The van der Waals surface area contributed by atoms with Crippen LogP contribution < -0.4 is 20.1 Å². The van der Waals surface area contributed by atoms with Gasteiger partial charge in [-0.05, 0) is 57.1 Å². The number of hydrogen-bond donors (Lipinski definition) is 2. The zero-order valence-corrected chi connectivity index (χ0v) is 19.3. The number of thiophene rings is 1. The first kappa shape index (κ1) is 22.3. The highest BCUT2D eigenvalue weighted by Crippen LogP contribution is 2.38. The summed E-state index contributed by atoms with van der Waals surface area (Å²) in [6, 6.07) is 5.41. The molecular weight excluding hydrogens is 424 g/mol. The molecule has 0 fully saturated rings. The molecule has 0 spiro atoms. The maximum absolute atomic E-state index is 12.9. The number of fused-ring (bicyclic) bond motifs is 1. The van der Waals surface area contributed by atoms with Crippen LogP contribution in [0.2, 0.25) is 0 Å². The lowest BCUT2D eigenvalue weighted by molar-refractivity contribution is 0.00685. The van der Waals surface area contributed by atoms with Crippen LogP contribution in [0.3, 0.4) is 0 Å². The minimum atomic E-state index is -0.591. The van der Waals surface area contributed by atoms with Gasteiger partial charge in [-0.2, -0.15) is 0 Å². The highest BCUT2D eigenvalue weighted by molar-refractivity contribution is 7.80. The summed E-state index contributed by atoms with van der Waals surface area (Å²) in [5.74, 6) is 0.849. The van der Waals surface area contributed by atoms with Crippen LogP contribution in [-0.2, 0) is 22.5 Å². The van der Waals surface area contributed by atoms with Gasteiger partial charge in [0.25, 0.3) is 0 Å². The lowest BCUT2D eigenvalue weighted by atomic mass is 10.1. The highest BCUT2D eigenvalue weighted by atomic mass is 32.1. The van der Waals surface area contributed by atoms with Crippen molar-refractivity contribution in [3.05, 3.63) is 34.2 Å². The second kappa shape index (κ2) is 9.20.